The van der Waals surface area contributed by atoms with Gasteiger partial charge < -0.3 is 5.73 Å². The number of nitrogen functional groups attached to an aromatic ring is 1. The van der Waals surface area contributed by atoms with Crippen LogP contribution in [0.25, 0.3) is 0 Å². The molecule has 0 saturated heterocycles. The predicted octanol–water partition coefficient (Wildman–Crippen LogP) is 1.79. The molecule has 4 N–H and O–H groups in total. The maximum absolute atomic E-state index is 12.1. The number of nitrogens with zero attached hydrogens (tertiary/aromatic N) is 1. The molecule has 0 fully saturated rings. The van der Waals surface area contributed by atoms with Gasteiger partial charge in [-0.3, -0.25) is 4.79 Å². The minimum atomic E-state index is -0.325. The number of hydrogen-bond donors (Lipinski definition) is 2. The highest BCUT2D eigenvalue weighted by atomic mass is 16.2. The Labute approximate surface area is 99.4 Å². The fraction of sp³-hybridized carbons (Fsp3) is 0. The van der Waals surface area contributed by atoms with Crippen LogP contribution >= 0.6 is 0 Å². The number of hydrazine groups is 1. The van der Waals surface area contributed by atoms with Gasteiger partial charge in [0.05, 0.1) is 11.3 Å². The number of para-hydroxylation sites is 2. The number of benzene rings is 2. The van der Waals surface area contributed by atoms with Gasteiger partial charge in [-0.1, -0.05) is 30.3 Å². The van der Waals surface area contributed by atoms with E-state index in [1.54, 1.807) is 36.4 Å². The Morgan fingerprint density at radius 3 is 2.18 bits per heavy atom. The highest BCUT2D eigenvalue weighted by Gasteiger charge is 2.15. The summed E-state index contributed by atoms with van der Waals surface area (Å²) in [4.78, 5) is 12.1. The Kier molecular flexibility index (Phi) is 3.07. The topological polar surface area (TPSA) is 72.4 Å². The summed E-state index contributed by atoms with van der Waals surface area (Å²) in [7, 11) is 0. The first-order chi connectivity index (χ1) is 8.20. The molecule has 4 heteroatoms. The molecule has 0 saturated carbocycles. The average molecular weight is 227 g/mol. The summed E-state index contributed by atoms with van der Waals surface area (Å²) in [5, 5.41) is 1.09. The number of carbonyl (C=O) groups excluding carboxylic acids is 1. The van der Waals surface area contributed by atoms with E-state index in [9.17, 15) is 4.79 Å². The average Bonchev–Trinajstić information content (AvgIpc) is 2.39. The van der Waals surface area contributed by atoms with Crippen molar-refractivity contribution in [3.05, 3.63) is 60.2 Å². The lowest BCUT2D eigenvalue weighted by Crippen LogP contribution is -2.37. The zero-order valence-corrected chi connectivity index (χ0v) is 9.21. The molecule has 4 nitrogen and oxygen atoms in total. The van der Waals surface area contributed by atoms with Crippen molar-refractivity contribution in [1.29, 1.82) is 0 Å². The SMILES string of the molecule is Nc1ccccc1C(=O)N(N)c1ccccc1. The van der Waals surface area contributed by atoms with Crippen molar-refractivity contribution in [1.82, 2.24) is 0 Å². The van der Waals surface area contributed by atoms with Gasteiger partial charge in [-0.15, -0.1) is 0 Å². The van der Waals surface area contributed by atoms with Crippen molar-refractivity contribution >= 4 is 17.3 Å². The van der Waals surface area contributed by atoms with Crippen molar-refractivity contribution in [2.75, 3.05) is 10.7 Å². The first kappa shape index (κ1) is 11.2. The largest absolute Gasteiger partial charge is 0.398 e. The van der Waals surface area contributed by atoms with Crippen molar-refractivity contribution in [3.8, 4) is 0 Å². The zero-order valence-electron chi connectivity index (χ0n) is 9.21. The second kappa shape index (κ2) is 4.67. The molecule has 0 radical (unpaired) electrons. The second-order valence-electron chi connectivity index (χ2n) is 3.60. The molecule has 0 heterocycles. The maximum Gasteiger partial charge on any atom is 0.274 e. The fourth-order valence-corrected chi connectivity index (χ4v) is 1.53. The molecule has 2 rings (SSSR count). The third kappa shape index (κ3) is 2.26. The Balaban J connectivity index is 2.30. The van der Waals surface area contributed by atoms with Gasteiger partial charge in [0.25, 0.3) is 5.91 Å². The summed E-state index contributed by atoms with van der Waals surface area (Å²) < 4.78 is 0. The van der Waals surface area contributed by atoms with E-state index in [0.29, 0.717) is 16.9 Å². The van der Waals surface area contributed by atoms with Crippen LogP contribution in [0, 0.1) is 0 Å². The van der Waals surface area contributed by atoms with Crippen LogP contribution < -0.4 is 16.6 Å². The summed E-state index contributed by atoms with van der Waals surface area (Å²) >= 11 is 0. The van der Waals surface area contributed by atoms with E-state index in [-0.39, 0.29) is 5.91 Å². The van der Waals surface area contributed by atoms with Crippen molar-refractivity contribution < 1.29 is 4.79 Å². The van der Waals surface area contributed by atoms with E-state index in [2.05, 4.69) is 0 Å². The normalized spacial score (nSPS) is 9.94. The Morgan fingerprint density at radius 2 is 1.53 bits per heavy atom. The molecule has 2 aromatic carbocycles. The van der Waals surface area contributed by atoms with E-state index in [1.807, 2.05) is 18.2 Å². The Hall–Kier alpha value is -2.33. The van der Waals surface area contributed by atoms with Gasteiger partial charge >= 0.3 is 0 Å². The molecule has 0 unspecified atom stereocenters. The molecule has 2 aromatic rings. The number of amides is 1. The van der Waals surface area contributed by atoms with Gasteiger partial charge in [-0.25, -0.2) is 10.9 Å². The first-order valence-corrected chi connectivity index (χ1v) is 5.19. The van der Waals surface area contributed by atoms with Gasteiger partial charge in [0.1, 0.15) is 0 Å². The van der Waals surface area contributed by atoms with Crippen LogP contribution in [0.5, 0.6) is 0 Å². The van der Waals surface area contributed by atoms with Crippen LogP contribution in [0.15, 0.2) is 54.6 Å². The number of hydrogen-bond acceptors (Lipinski definition) is 3. The van der Waals surface area contributed by atoms with Gasteiger partial charge in [0, 0.05) is 5.69 Å². The molecule has 17 heavy (non-hydrogen) atoms. The van der Waals surface area contributed by atoms with Crippen molar-refractivity contribution in [2.45, 2.75) is 0 Å². The molecular weight excluding hydrogens is 214 g/mol. The third-order valence-corrected chi connectivity index (χ3v) is 2.44. The number of carbonyl (C=O) groups is 1. The quantitative estimate of drug-likeness (QED) is 0.355. The molecule has 1 amide bonds. The molecule has 0 aliphatic heterocycles. The Morgan fingerprint density at radius 1 is 0.941 bits per heavy atom. The predicted molar refractivity (Wildman–Crippen MR) is 68.3 cm³/mol. The molecule has 0 spiro atoms. The van der Waals surface area contributed by atoms with E-state index in [4.69, 9.17) is 11.6 Å². The van der Waals surface area contributed by atoms with E-state index in [0.717, 1.165) is 5.01 Å². The van der Waals surface area contributed by atoms with Gasteiger partial charge in [-0.05, 0) is 24.3 Å². The van der Waals surface area contributed by atoms with E-state index >= 15 is 0 Å². The monoisotopic (exact) mass is 227 g/mol. The van der Waals surface area contributed by atoms with Crippen molar-refractivity contribution in [3.63, 3.8) is 0 Å². The number of rotatable bonds is 2. The standard InChI is InChI=1S/C13H13N3O/c14-12-9-5-4-8-11(12)13(17)16(15)10-6-2-1-3-7-10/h1-9H,14-15H2. The molecular formula is C13H13N3O. The fourth-order valence-electron chi connectivity index (χ4n) is 1.53. The second-order valence-corrected chi connectivity index (χ2v) is 3.60. The highest BCUT2D eigenvalue weighted by Crippen LogP contribution is 2.16. The lowest BCUT2D eigenvalue weighted by atomic mass is 10.1. The first-order valence-electron chi connectivity index (χ1n) is 5.19. The van der Waals surface area contributed by atoms with Crippen LogP contribution in [0.3, 0.4) is 0 Å². The molecule has 86 valence electrons. The molecule has 0 bridgehead atoms. The summed E-state index contributed by atoms with van der Waals surface area (Å²) in [5.41, 5.74) is 7.18. The number of nitrogens with two attached hydrogens (primary N) is 2. The van der Waals surface area contributed by atoms with Gasteiger partial charge in [0.15, 0.2) is 0 Å². The minimum Gasteiger partial charge on any atom is -0.398 e. The van der Waals surface area contributed by atoms with Crippen LogP contribution in [-0.2, 0) is 0 Å². The third-order valence-electron chi connectivity index (χ3n) is 2.44. The summed E-state index contributed by atoms with van der Waals surface area (Å²) in [5.74, 6) is 5.44. The minimum absolute atomic E-state index is 0.325. The van der Waals surface area contributed by atoms with Gasteiger partial charge in [0.2, 0.25) is 0 Å². The van der Waals surface area contributed by atoms with Crippen LogP contribution in [0.4, 0.5) is 11.4 Å². The molecule has 0 aliphatic carbocycles. The van der Waals surface area contributed by atoms with Crippen LogP contribution in [0.1, 0.15) is 10.4 Å². The highest BCUT2D eigenvalue weighted by molar-refractivity contribution is 6.08. The molecule has 0 aliphatic rings. The van der Waals surface area contributed by atoms with Gasteiger partial charge in [-0.2, -0.15) is 0 Å². The summed E-state index contributed by atoms with van der Waals surface area (Å²) in [6.07, 6.45) is 0. The maximum atomic E-state index is 12.1. The number of anilines is 2. The summed E-state index contributed by atoms with van der Waals surface area (Å²) in [6.45, 7) is 0. The molecule has 0 atom stereocenters. The van der Waals surface area contributed by atoms with E-state index < -0.39 is 0 Å². The van der Waals surface area contributed by atoms with Crippen LogP contribution in [-0.4, -0.2) is 5.91 Å². The summed E-state index contributed by atoms with van der Waals surface area (Å²) in [6, 6.07) is 15.9. The zero-order chi connectivity index (χ0) is 12.3. The van der Waals surface area contributed by atoms with Crippen molar-refractivity contribution in [2.24, 2.45) is 5.84 Å². The molecule has 0 aromatic heterocycles. The smallest absolute Gasteiger partial charge is 0.274 e. The lowest BCUT2D eigenvalue weighted by molar-refractivity contribution is 0.0987. The lowest BCUT2D eigenvalue weighted by Gasteiger charge is -2.17. The van der Waals surface area contributed by atoms with E-state index in [1.165, 1.54) is 0 Å². The van der Waals surface area contributed by atoms with Crippen LogP contribution in [0.2, 0.25) is 0 Å². The Bertz CT molecular complexity index is 525.